The number of benzene rings is 1. The summed E-state index contributed by atoms with van der Waals surface area (Å²) in [7, 11) is 0. The highest BCUT2D eigenvalue weighted by atomic mass is 79.9. The zero-order valence-corrected chi connectivity index (χ0v) is 10.1. The molecule has 0 amide bonds. The maximum Gasteiger partial charge on any atom is 0.310 e. The molecular weight excluding hydrogens is 287 g/mol. The highest BCUT2D eigenvalue weighted by Gasteiger charge is 2.14. The number of nitrogens with zero attached hydrogens (tertiary/aromatic N) is 1. The largest absolute Gasteiger partial charge is 0.485 e. The summed E-state index contributed by atoms with van der Waals surface area (Å²) in [6, 6.07) is 4.52. The number of nitro benzene ring substituents is 1. The van der Waals surface area contributed by atoms with Gasteiger partial charge in [0.25, 0.3) is 0 Å². The topological polar surface area (TPSA) is 78.4 Å². The van der Waals surface area contributed by atoms with Gasteiger partial charge in [-0.1, -0.05) is 15.9 Å². The van der Waals surface area contributed by atoms with Gasteiger partial charge in [-0.3, -0.25) is 10.1 Å². The molecular formula is C8H10BrClN2O3. The lowest BCUT2D eigenvalue weighted by molar-refractivity contribution is -0.385. The molecule has 0 spiro atoms. The van der Waals surface area contributed by atoms with Gasteiger partial charge >= 0.3 is 5.69 Å². The van der Waals surface area contributed by atoms with Gasteiger partial charge in [0.05, 0.1) is 4.92 Å². The Morgan fingerprint density at radius 3 is 2.73 bits per heavy atom. The SMILES string of the molecule is Cl.NCCOc1cc(Br)ccc1[N+](=O)[O-]. The summed E-state index contributed by atoms with van der Waals surface area (Å²) in [6.45, 7) is 0.584. The van der Waals surface area contributed by atoms with Gasteiger partial charge in [0.1, 0.15) is 6.61 Å². The minimum absolute atomic E-state index is 0. The molecule has 7 heteroatoms. The van der Waals surface area contributed by atoms with Crippen LogP contribution in [0.2, 0.25) is 0 Å². The van der Waals surface area contributed by atoms with Crippen molar-refractivity contribution in [1.29, 1.82) is 0 Å². The lowest BCUT2D eigenvalue weighted by Crippen LogP contribution is -2.11. The van der Waals surface area contributed by atoms with Crippen LogP contribution in [-0.2, 0) is 0 Å². The van der Waals surface area contributed by atoms with Crippen molar-refractivity contribution in [2.24, 2.45) is 5.73 Å². The molecule has 0 unspecified atom stereocenters. The zero-order chi connectivity index (χ0) is 10.6. The summed E-state index contributed by atoms with van der Waals surface area (Å²) >= 11 is 3.20. The fourth-order valence-electron chi connectivity index (χ4n) is 0.923. The van der Waals surface area contributed by atoms with Crippen molar-refractivity contribution in [3.63, 3.8) is 0 Å². The molecule has 0 aliphatic heterocycles. The summed E-state index contributed by atoms with van der Waals surface area (Å²) in [6.07, 6.45) is 0. The Morgan fingerprint density at radius 1 is 1.53 bits per heavy atom. The molecule has 84 valence electrons. The molecule has 0 heterocycles. The van der Waals surface area contributed by atoms with Crippen LogP contribution in [0.15, 0.2) is 22.7 Å². The first-order valence-electron chi connectivity index (χ1n) is 3.92. The van der Waals surface area contributed by atoms with Crippen molar-refractivity contribution in [1.82, 2.24) is 0 Å². The minimum Gasteiger partial charge on any atom is -0.485 e. The molecule has 0 fully saturated rings. The Labute approximate surface area is 101 Å². The van der Waals surface area contributed by atoms with Gasteiger partial charge in [-0.2, -0.15) is 0 Å². The molecule has 2 N–H and O–H groups in total. The molecule has 0 radical (unpaired) electrons. The Kier molecular flexibility index (Phi) is 6.23. The first-order valence-corrected chi connectivity index (χ1v) is 4.71. The van der Waals surface area contributed by atoms with E-state index in [1.807, 2.05) is 0 Å². The van der Waals surface area contributed by atoms with Crippen LogP contribution in [-0.4, -0.2) is 18.1 Å². The van der Waals surface area contributed by atoms with E-state index in [1.165, 1.54) is 6.07 Å². The van der Waals surface area contributed by atoms with E-state index in [-0.39, 0.29) is 30.5 Å². The third-order valence-corrected chi connectivity index (χ3v) is 1.99. The fraction of sp³-hybridized carbons (Fsp3) is 0.250. The number of nitro groups is 1. The van der Waals surface area contributed by atoms with Gasteiger partial charge in [-0.15, -0.1) is 12.4 Å². The molecule has 1 aromatic carbocycles. The second kappa shape index (κ2) is 6.60. The summed E-state index contributed by atoms with van der Waals surface area (Å²) < 4.78 is 5.86. The van der Waals surface area contributed by atoms with Crippen LogP contribution < -0.4 is 10.5 Å². The molecule has 15 heavy (non-hydrogen) atoms. The van der Waals surface area contributed by atoms with E-state index in [1.54, 1.807) is 12.1 Å². The van der Waals surface area contributed by atoms with E-state index in [0.29, 0.717) is 6.54 Å². The van der Waals surface area contributed by atoms with E-state index in [9.17, 15) is 10.1 Å². The molecule has 0 aliphatic rings. The predicted octanol–water partition coefficient (Wildman–Crippen LogP) is 2.12. The summed E-state index contributed by atoms with van der Waals surface area (Å²) in [5, 5.41) is 10.6. The Balaban J connectivity index is 0.00000196. The van der Waals surface area contributed by atoms with E-state index >= 15 is 0 Å². The average molecular weight is 298 g/mol. The molecule has 0 atom stereocenters. The van der Waals surface area contributed by atoms with E-state index in [0.717, 1.165) is 4.47 Å². The van der Waals surface area contributed by atoms with Crippen LogP contribution in [0.1, 0.15) is 0 Å². The molecule has 1 aromatic rings. The second-order valence-corrected chi connectivity index (χ2v) is 3.42. The van der Waals surface area contributed by atoms with Crippen molar-refractivity contribution in [3.8, 4) is 5.75 Å². The number of hydrogen-bond acceptors (Lipinski definition) is 4. The van der Waals surface area contributed by atoms with Crippen LogP contribution >= 0.6 is 28.3 Å². The number of rotatable bonds is 4. The van der Waals surface area contributed by atoms with Crippen LogP contribution in [0.3, 0.4) is 0 Å². The lowest BCUT2D eigenvalue weighted by atomic mass is 10.3. The first kappa shape index (κ1) is 14.2. The molecule has 0 bridgehead atoms. The maximum atomic E-state index is 10.6. The summed E-state index contributed by atoms with van der Waals surface area (Å²) in [5.74, 6) is 0.231. The normalized spacial score (nSPS) is 9.20. The Bertz CT molecular complexity index is 349. The van der Waals surface area contributed by atoms with E-state index < -0.39 is 4.92 Å². The third kappa shape index (κ3) is 4.03. The number of ether oxygens (including phenoxy) is 1. The van der Waals surface area contributed by atoms with Crippen molar-refractivity contribution in [2.75, 3.05) is 13.2 Å². The quantitative estimate of drug-likeness (QED) is 0.682. The van der Waals surface area contributed by atoms with Crippen molar-refractivity contribution >= 4 is 34.0 Å². The second-order valence-electron chi connectivity index (χ2n) is 2.51. The molecule has 0 saturated carbocycles. The molecule has 5 nitrogen and oxygen atoms in total. The number of nitrogens with two attached hydrogens (primary N) is 1. The van der Waals surface area contributed by atoms with Gasteiger partial charge in [-0.05, 0) is 6.07 Å². The van der Waals surface area contributed by atoms with E-state index in [2.05, 4.69) is 15.9 Å². The summed E-state index contributed by atoms with van der Waals surface area (Å²) in [4.78, 5) is 10.1. The number of halogens is 2. The minimum atomic E-state index is -0.488. The third-order valence-electron chi connectivity index (χ3n) is 1.49. The van der Waals surface area contributed by atoms with Crippen LogP contribution in [0.25, 0.3) is 0 Å². The van der Waals surface area contributed by atoms with E-state index in [4.69, 9.17) is 10.5 Å². The molecule has 0 aromatic heterocycles. The standard InChI is InChI=1S/C8H9BrN2O3.ClH/c9-6-1-2-7(11(12)13)8(5-6)14-4-3-10;/h1-2,5H,3-4,10H2;1H. The monoisotopic (exact) mass is 296 g/mol. The first-order chi connectivity index (χ1) is 6.65. The summed E-state index contributed by atoms with van der Waals surface area (Å²) in [5.41, 5.74) is 5.18. The van der Waals surface area contributed by atoms with Crippen molar-refractivity contribution in [3.05, 3.63) is 32.8 Å². The van der Waals surface area contributed by atoms with Gasteiger partial charge < -0.3 is 10.5 Å². The highest BCUT2D eigenvalue weighted by Crippen LogP contribution is 2.29. The number of hydrogen-bond donors (Lipinski definition) is 1. The average Bonchev–Trinajstić information content (AvgIpc) is 2.14. The van der Waals surface area contributed by atoms with Gasteiger partial charge in [0.15, 0.2) is 5.75 Å². The van der Waals surface area contributed by atoms with Crippen molar-refractivity contribution < 1.29 is 9.66 Å². The highest BCUT2D eigenvalue weighted by molar-refractivity contribution is 9.10. The van der Waals surface area contributed by atoms with Crippen molar-refractivity contribution in [2.45, 2.75) is 0 Å². The fourth-order valence-corrected chi connectivity index (χ4v) is 1.26. The van der Waals surface area contributed by atoms with Gasteiger partial charge in [-0.25, -0.2) is 0 Å². The Morgan fingerprint density at radius 2 is 2.20 bits per heavy atom. The molecule has 0 aliphatic carbocycles. The smallest absolute Gasteiger partial charge is 0.310 e. The van der Waals surface area contributed by atoms with Crippen LogP contribution in [0.4, 0.5) is 5.69 Å². The lowest BCUT2D eigenvalue weighted by Gasteiger charge is -2.05. The molecule has 1 rings (SSSR count). The predicted molar refractivity (Wildman–Crippen MR) is 62.6 cm³/mol. The maximum absolute atomic E-state index is 10.6. The molecule has 0 saturated heterocycles. The zero-order valence-electron chi connectivity index (χ0n) is 7.68. The van der Waals surface area contributed by atoms with Crippen LogP contribution in [0.5, 0.6) is 5.75 Å². The van der Waals surface area contributed by atoms with Gasteiger partial charge in [0, 0.05) is 23.2 Å². The van der Waals surface area contributed by atoms with Gasteiger partial charge in [0.2, 0.25) is 0 Å². The Hall–Kier alpha value is -0.850. The van der Waals surface area contributed by atoms with Crippen LogP contribution in [0, 0.1) is 10.1 Å².